The number of benzene rings is 3. The number of allylic oxidation sites excluding steroid dienone is 2. The van der Waals surface area contributed by atoms with E-state index in [4.69, 9.17) is 0 Å². The number of hydrogen-bond donors (Lipinski definition) is 2. The van der Waals surface area contributed by atoms with Gasteiger partial charge in [0.2, 0.25) is 0 Å². The van der Waals surface area contributed by atoms with Crippen LogP contribution in [-0.4, -0.2) is 8.42 Å². The molecule has 0 saturated carbocycles. The van der Waals surface area contributed by atoms with Crippen LogP contribution in [0, 0.1) is 19.8 Å². The lowest BCUT2D eigenvalue weighted by Gasteiger charge is -2.37. The van der Waals surface area contributed by atoms with Crippen LogP contribution in [0.5, 0.6) is 0 Å². The van der Waals surface area contributed by atoms with Gasteiger partial charge in [0.15, 0.2) is 0 Å². The van der Waals surface area contributed by atoms with Crippen molar-refractivity contribution in [1.82, 2.24) is 0 Å². The molecule has 2 aliphatic rings. The maximum absolute atomic E-state index is 13.0. The molecule has 0 saturated heterocycles. The van der Waals surface area contributed by atoms with E-state index in [1.54, 1.807) is 18.2 Å². The van der Waals surface area contributed by atoms with Crippen molar-refractivity contribution in [3.63, 3.8) is 0 Å². The van der Waals surface area contributed by atoms with Gasteiger partial charge < -0.3 is 5.32 Å². The second-order valence-electron chi connectivity index (χ2n) is 8.61. The number of hydrogen-bond acceptors (Lipinski definition) is 3. The van der Waals surface area contributed by atoms with Gasteiger partial charge in [0, 0.05) is 17.3 Å². The third-order valence-corrected chi connectivity index (χ3v) is 7.73. The average Bonchev–Trinajstić information content (AvgIpc) is 3.24. The molecule has 0 radical (unpaired) electrons. The van der Waals surface area contributed by atoms with Crippen LogP contribution in [0.25, 0.3) is 0 Å². The fourth-order valence-corrected chi connectivity index (χ4v) is 5.86. The van der Waals surface area contributed by atoms with Gasteiger partial charge in [-0.15, -0.1) is 0 Å². The van der Waals surface area contributed by atoms with E-state index >= 15 is 0 Å². The molecular weight excluding hydrogens is 404 g/mol. The van der Waals surface area contributed by atoms with Crippen molar-refractivity contribution < 1.29 is 8.42 Å². The summed E-state index contributed by atoms with van der Waals surface area (Å²) in [6.07, 6.45) is 5.44. The molecule has 1 aliphatic carbocycles. The van der Waals surface area contributed by atoms with E-state index in [9.17, 15) is 8.42 Å². The minimum atomic E-state index is -3.66. The molecule has 0 spiro atoms. The standard InChI is InChI=1S/C26H26N2O2S/c1-17-9-11-20(12-10-17)28-31(29,30)21-13-14-25-24(16-21)22-7-4-8-23(22)26(27-25)19-6-3-5-18(2)15-19/h3-7,9-16,22-23,26-28H,8H2,1-2H3/t22-,23+,26+/m0/s1. The van der Waals surface area contributed by atoms with Crippen LogP contribution in [0.1, 0.15) is 40.6 Å². The average molecular weight is 431 g/mol. The van der Waals surface area contributed by atoms with Crippen LogP contribution < -0.4 is 10.0 Å². The Morgan fingerprint density at radius 3 is 2.52 bits per heavy atom. The Kier molecular flexibility index (Phi) is 4.86. The zero-order chi connectivity index (χ0) is 21.6. The number of aryl methyl sites for hydroxylation is 2. The Labute approximate surface area is 184 Å². The molecule has 158 valence electrons. The summed E-state index contributed by atoms with van der Waals surface area (Å²) >= 11 is 0. The van der Waals surface area contributed by atoms with Gasteiger partial charge in [-0.25, -0.2) is 8.42 Å². The summed E-state index contributed by atoms with van der Waals surface area (Å²) in [5.74, 6) is 0.577. The molecule has 4 nitrogen and oxygen atoms in total. The van der Waals surface area contributed by atoms with Crippen LogP contribution in [0.4, 0.5) is 11.4 Å². The van der Waals surface area contributed by atoms with Crippen LogP contribution >= 0.6 is 0 Å². The van der Waals surface area contributed by atoms with E-state index in [1.165, 1.54) is 11.1 Å². The van der Waals surface area contributed by atoms with E-state index in [0.717, 1.165) is 23.2 Å². The van der Waals surface area contributed by atoms with Crippen molar-refractivity contribution >= 4 is 21.4 Å². The quantitative estimate of drug-likeness (QED) is 0.504. The summed E-state index contributed by atoms with van der Waals surface area (Å²) in [5.41, 5.74) is 6.24. The molecule has 0 fully saturated rings. The fourth-order valence-electron chi connectivity index (χ4n) is 4.77. The number of fused-ring (bicyclic) bond motifs is 3. The first kappa shape index (κ1) is 19.9. The Bertz CT molecular complexity index is 1260. The highest BCUT2D eigenvalue weighted by molar-refractivity contribution is 7.92. The van der Waals surface area contributed by atoms with Crippen molar-refractivity contribution in [3.05, 3.63) is 101 Å². The second kappa shape index (κ2) is 7.57. The van der Waals surface area contributed by atoms with Crippen molar-refractivity contribution in [3.8, 4) is 0 Å². The summed E-state index contributed by atoms with van der Waals surface area (Å²) < 4.78 is 28.8. The maximum atomic E-state index is 13.0. The van der Waals surface area contributed by atoms with Crippen molar-refractivity contribution in [1.29, 1.82) is 0 Å². The predicted octanol–water partition coefficient (Wildman–Crippen LogP) is 5.93. The van der Waals surface area contributed by atoms with E-state index in [2.05, 4.69) is 53.4 Å². The molecule has 0 amide bonds. The highest BCUT2D eigenvalue weighted by Gasteiger charge is 2.38. The Morgan fingerprint density at radius 1 is 0.935 bits per heavy atom. The smallest absolute Gasteiger partial charge is 0.261 e. The molecule has 5 rings (SSSR count). The molecule has 31 heavy (non-hydrogen) atoms. The topological polar surface area (TPSA) is 58.2 Å². The Morgan fingerprint density at radius 2 is 1.74 bits per heavy atom. The number of anilines is 2. The van der Waals surface area contributed by atoms with Gasteiger partial charge in [0.25, 0.3) is 10.0 Å². The van der Waals surface area contributed by atoms with E-state index < -0.39 is 10.0 Å². The third kappa shape index (κ3) is 3.74. The van der Waals surface area contributed by atoms with Gasteiger partial charge >= 0.3 is 0 Å². The highest BCUT2D eigenvalue weighted by Crippen LogP contribution is 2.50. The van der Waals surface area contributed by atoms with E-state index in [1.807, 2.05) is 31.2 Å². The van der Waals surface area contributed by atoms with Crippen LogP contribution in [0.2, 0.25) is 0 Å². The minimum Gasteiger partial charge on any atom is -0.378 e. The molecule has 3 aromatic rings. The van der Waals surface area contributed by atoms with E-state index in [-0.39, 0.29) is 12.0 Å². The molecule has 3 aromatic carbocycles. The third-order valence-electron chi connectivity index (χ3n) is 6.35. The SMILES string of the molecule is Cc1ccc(NS(=O)(=O)c2ccc3c(c2)[C@H]2C=CC[C@H]2[C@@H](c2cccc(C)c2)N3)cc1. The summed E-state index contributed by atoms with van der Waals surface area (Å²) in [6, 6.07) is 21.6. The number of sulfonamides is 1. The van der Waals surface area contributed by atoms with Crippen LogP contribution in [0.3, 0.4) is 0 Å². The monoisotopic (exact) mass is 430 g/mol. The van der Waals surface area contributed by atoms with Crippen LogP contribution in [-0.2, 0) is 10.0 Å². The lowest BCUT2D eigenvalue weighted by Crippen LogP contribution is -2.29. The lowest BCUT2D eigenvalue weighted by molar-refractivity contribution is 0.425. The highest BCUT2D eigenvalue weighted by atomic mass is 32.2. The molecule has 0 unspecified atom stereocenters. The van der Waals surface area contributed by atoms with Gasteiger partial charge in [-0.3, -0.25) is 4.72 Å². The normalized spacial score (nSPS) is 21.8. The number of rotatable bonds is 4. The fraction of sp³-hybridized carbons (Fsp3) is 0.231. The predicted molar refractivity (Wildman–Crippen MR) is 126 cm³/mol. The molecule has 1 heterocycles. The molecule has 0 aromatic heterocycles. The van der Waals surface area contributed by atoms with Crippen molar-refractivity contribution in [2.75, 3.05) is 10.0 Å². The molecule has 3 atom stereocenters. The maximum Gasteiger partial charge on any atom is 0.261 e. The Balaban J connectivity index is 1.49. The van der Waals surface area contributed by atoms with Crippen LogP contribution in [0.15, 0.2) is 83.8 Å². The second-order valence-corrected chi connectivity index (χ2v) is 10.3. The molecule has 0 bridgehead atoms. The molecular formula is C26H26N2O2S. The first-order chi connectivity index (χ1) is 14.9. The van der Waals surface area contributed by atoms with Gasteiger partial charge in [0.05, 0.1) is 10.9 Å². The summed E-state index contributed by atoms with van der Waals surface area (Å²) in [7, 11) is -3.66. The zero-order valence-electron chi connectivity index (χ0n) is 17.7. The largest absolute Gasteiger partial charge is 0.378 e. The first-order valence-corrected chi connectivity index (χ1v) is 12.1. The lowest BCUT2D eigenvalue weighted by atomic mass is 9.77. The molecule has 2 N–H and O–H groups in total. The van der Waals surface area contributed by atoms with Gasteiger partial charge in [-0.2, -0.15) is 0 Å². The Hall–Kier alpha value is -3.05. The molecule has 1 aliphatic heterocycles. The van der Waals surface area contributed by atoms with Crippen molar-refractivity contribution in [2.24, 2.45) is 5.92 Å². The van der Waals surface area contributed by atoms with Crippen molar-refractivity contribution in [2.45, 2.75) is 37.1 Å². The van der Waals surface area contributed by atoms with Gasteiger partial charge in [-0.1, -0.05) is 59.7 Å². The first-order valence-electron chi connectivity index (χ1n) is 10.6. The summed E-state index contributed by atoms with van der Waals surface area (Å²) in [5, 5.41) is 3.69. The summed E-state index contributed by atoms with van der Waals surface area (Å²) in [6.45, 7) is 4.09. The van der Waals surface area contributed by atoms with E-state index in [0.29, 0.717) is 16.5 Å². The summed E-state index contributed by atoms with van der Waals surface area (Å²) in [4.78, 5) is 0.293. The molecule has 5 heteroatoms. The van der Waals surface area contributed by atoms with Gasteiger partial charge in [0.1, 0.15) is 0 Å². The minimum absolute atomic E-state index is 0.205. The van der Waals surface area contributed by atoms with Gasteiger partial charge in [-0.05, 0) is 67.6 Å². The number of nitrogens with one attached hydrogen (secondary N) is 2. The zero-order valence-corrected chi connectivity index (χ0v) is 18.5.